The highest BCUT2D eigenvalue weighted by Crippen LogP contribution is 2.16. The van der Waals surface area contributed by atoms with Gasteiger partial charge in [-0.1, -0.05) is 28.1 Å². The van der Waals surface area contributed by atoms with Crippen LogP contribution in [0.25, 0.3) is 0 Å². The van der Waals surface area contributed by atoms with Crippen LogP contribution in [0.15, 0.2) is 57.9 Å². The number of halogens is 1. The lowest BCUT2D eigenvalue weighted by atomic mass is 10.1. The van der Waals surface area contributed by atoms with Gasteiger partial charge in [-0.25, -0.2) is 13.1 Å². The summed E-state index contributed by atoms with van der Waals surface area (Å²) in [5.74, 6) is -0.690. The summed E-state index contributed by atoms with van der Waals surface area (Å²) in [7, 11) is -3.70. The minimum atomic E-state index is -3.70. The third kappa shape index (κ3) is 6.43. The predicted molar refractivity (Wildman–Crippen MR) is 112 cm³/mol. The van der Waals surface area contributed by atoms with Gasteiger partial charge in [-0.2, -0.15) is 0 Å². The average molecular weight is 468 g/mol. The smallest absolute Gasteiger partial charge is 0.253 e. The zero-order valence-corrected chi connectivity index (χ0v) is 17.9. The minimum absolute atomic E-state index is 0.0377. The van der Waals surface area contributed by atoms with Crippen LogP contribution in [-0.2, 0) is 14.8 Å². The fourth-order valence-corrected chi connectivity index (χ4v) is 3.63. The maximum atomic E-state index is 12.2. The molecular weight excluding hydrogens is 446 g/mol. The lowest BCUT2D eigenvalue weighted by Gasteiger charge is -2.13. The average Bonchev–Trinajstić information content (AvgIpc) is 2.61. The lowest BCUT2D eigenvalue weighted by Crippen LogP contribution is -2.31. The van der Waals surface area contributed by atoms with Gasteiger partial charge in [-0.15, -0.1) is 0 Å². The van der Waals surface area contributed by atoms with Crippen LogP contribution in [-0.4, -0.2) is 32.8 Å². The van der Waals surface area contributed by atoms with Crippen molar-refractivity contribution in [2.75, 3.05) is 11.9 Å². The highest BCUT2D eigenvalue weighted by molar-refractivity contribution is 9.10. The van der Waals surface area contributed by atoms with Crippen LogP contribution in [0.4, 0.5) is 5.69 Å². The lowest BCUT2D eigenvalue weighted by molar-refractivity contribution is -0.116. The van der Waals surface area contributed by atoms with E-state index in [1.54, 1.807) is 36.4 Å². The Morgan fingerprint density at radius 1 is 1.04 bits per heavy atom. The second-order valence-electron chi connectivity index (χ2n) is 6.32. The van der Waals surface area contributed by atoms with E-state index in [0.717, 1.165) is 4.47 Å². The number of para-hydroxylation sites is 1. The minimum Gasteiger partial charge on any atom is -0.350 e. The number of carbonyl (C=O) groups excluding carboxylic acids is 2. The van der Waals surface area contributed by atoms with Crippen LogP contribution < -0.4 is 15.4 Å². The van der Waals surface area contributed by atoms with Crippen molar-refractivity contribution in [1.82, 2.24) is 10.0 Å². The van der Waals surface area contributed by atoms with Crippen molar-refractivity contribution in [3.8, 4) is 0 Å². The number of anilines is 1. The van der Waals surface area contributed by atoms with E-state index in [9.17, 15) is 18.0 Å². The molecule has 28 heavy (non-hydrogen) atoms. The molecule has 2 aromatic carbocycles. The first-order valence-electron chi connectivity index (χ1n) is 8.64. The molecule has 7 nitrogen and oxygen atoms in total. The molecule has 0 unspecified atom stereocenters. The number of nitrogens with one attached hydrogen (secondary N) is 3. The molecule has 0 aliphatic rings. The van der Waals surface area contributed by atoms with Crippen molar-refractivity contribution in [3.05, 3.63) is 58.6 Å². The highest BCUT2D eigenvalue weighted by atomic mass is 79.9. The summed E-state index contributed by atoms with van der Waals surface area (Å²) in [6.45, 7) is 3.62. The summed E-state index contributed by atoms with van der Waals surface area (Å²) in [4.78, 5) is 24.5. The van der Waals surface area contributed by atoms with Gasteiger partial charge in [0.05, 0.1) is 16.1 Å². The number of amides is 2. The molecule has 0 saturated carbocycles. The van der Waals surface area contributed by atoms with Crippen LogP contribution in [0.2, 0.25) is 0 Å². The zero-order chi connectivity index (χ0) is 20.7. The Morgan fingerprint density at radius 2 is 1.68 bits per heavy atom. The van der Waals surface area contributed by atoms with Crippen molar-refractivity contribution >= 4 is 43.5 Å². The highest BCUT2D eigenvalue weighted by Gasteiger charge is 2.16. The van der Waals surface area contributed by atoms with Crippen LogP contribution in [0, 0.1) is 0 Å². The molecule has 0 radical (unpaired) electrons. The maximum Gasteiger partial charge on any atom is 0.253 e. The Labute approximate surface area is 173 Å². The van der Waals surface area contributed by atoms with E-state index >= 15 is 0 Å². The maximum absolute atomic E-state index is 12.2. The summed E-state index contributed by atoms with van der Waals surface area (Å²) in [6.07, 6.45) is -0.0735. The molecular formula is C19H22BrN3O4S. The Bertz CT molecular complexity index is 944. The molecule has 0 fully saturated rings. The van der Waals surface area contributed by atoms with E-state index in [-0.39, 0.29) is 29.8 Å². The van der Waals surface area contributed by atoms with Gasteiger partial charge in [-0.3, -0.25) is 9.59 Å². The second-order valence-corrected chi connectivity index (χ2v) is 9.01. The second kappa shape index (κ2) is 9.81. The van der Waals surface area contributed by atoms with Gasteiger partial charge in [0.2, 0.25) is 15.9 Å². The molecule has 0 atom stereocenters. The van der Waals surface area contributed by atoms with Gasteiger partial charge in [0.15, 0.2) is 0 Å². The number of rotatable bonds is 8. The molecule has 2 rings (SSSR count). The molecule has 2 amide bonds. The van der Waals surface area contributed by atoms with Gasteiger partial charge in [0.1, 0.15) is 0 Å². The van der Waals surface area contributed by atoms with Crippen LogP contribution in [0.3, 0.4) is 0 Å². The Kier molecular flexibility index (Phi) is 7.73. The molecule has 3 N–H and O–H groups in total. The first-order chi connectivity index (χ1) is 13.2. The van der Waals surface area contributed by atoms with Crippen molar-refractivity contribution in [2.45, 2.75) is 31.2 Å². The van der Waals surface area contributed by atoms with Gasteiger partial charge >= 0.3 is 0 Å². The molecule has 0 bridgehead atoms. The topological polar surface area (TPSA) is 104 Å². The summed E-state index contributed by atoms with van der Waals surface area (Å²) in [5, 5.41) is 5.43. The molecule has 0 heterocycles. The monoisotopic (exact) mass is 467 g/mol. The molecule has 150 valence electrons. The molecule has 9 heteroatoms. The van der Waals surface area contributed by atoms with E-state index in [4.69, 9.17) is 0 Å². The number of hydrogen-bond acceptors (Lipinski definition) is 4. The number of hydrogen-bond donors (Lipinski definition) is 3. The fourth-order valence-electron chi connectivity index (χ4n) is 2.34. The molecule has 0 saturated heterocycles. The van der Waals surface area contributed by atoms with E-state index in [1.165, 1.54) is 12.1 Å². The van der Waals surface area contributed by atoms with Crippen LogP contribution >= 0.6 is 15.9 Å². The zero-order valence-electron chi connectivity index (χ0n) is 15.5. The standard InChI is InChI=1S/C19H22BrN3O4S/c1-13(2)22-19(25)16-5-3-4-6-17(16)23-18(24)11-12-21-28(26,27)15-9-7-14(20)8-10-15/h3-10,13,21H,11-12H2,1-2H3,(H,22,25)(H,23,24). The van der Waals surface area contributed by atoms with Gasteiger partial charge in [0, 0.05) is 23.5 Å². The van der Waals surface area contributed by atoms with Crippen molar-refractivity contribution < 1.29 is 18.0 Å². The predicted octanol–water partition coefficient (Wildman–Crippen LogP) is 2.89. The molecule has 0 aromatic heterocycles. The number of benzene rings is 2. The van der Waals surface area contributed by atoms with Gasteiger partial charge in [-0.05, 0) is 50.2 Å². The Morgan fingerprint density at radius 3 is 2.32 bits per heavy atom. The van der Waals surface area contributed by atoms with Crippen LogP contribution in [0.5, 0.6) is 0 Å². The summed E-state index contributed by atoms with van der Waals surface area (Å²) >= 11 is 3.25. The molecule has 0 aliphatic heterocycles. The van der Waals surface area contributed by atoms with Crippen molar-refractivity contribution in [2.24, 2.45) is 0 Å². The van der Waals surface area contributed by atoms with E-state index < -0.39 is 15.9 Å². The third-order valence-electron chi connectivity index (χ3n) is 3.63. The van der Waals surface area contributed by atoms with E-state index in [2.05, 4.69) is 31.3 Å². The normalized spacial score (nSPS) is 11.3. The third-order valence-corrected chi connectivity index (χ3v) is 5.64. The first kappa shape index (κ1) is 22.1. The van der Waals surface area contributed by atoms with Crippen molar-refractivity contribution in [3.63, 3.8) is 0 Å². The first-order valence-corrected chi connectivity index (χ1v) is 10.9. The van der Waals surface area contributed by atoms with Crippen molar-refractivity contribution in [1.29, 1.82) is 0 Å². The fraction of sp³-hybridized carbons (Fsp3) is 0.263. The summed E-state index contributed by atoms with van der Waals surface area (Å²) in [5.41, 5.74) is 0.724. The molecule has 2 aromatic rings. The SMILES string of the molecule is CC(C)NC(=O)c1ccccc1NC(=O)CCNS(=O)(=O)c1ccc(Br)cc1. The van der Waals surface area contributed by atoms with Crippen LogP contribution in [0.1, 0.15) is 30.6 Å². The quantitative estimate of drug-likeness (QED) is 0.554. The van der Waals surface area contributed by atoms with Gasteiger partial charge in [0.25, 0.3) is 5.91 Å². The summed E-state index contributed by atoms with van der Waals surface area (Å²) in [6, 6.07) is 12.8. The van der Waals surface area contributed by atoms with E-state index in [0.29, 0.717) is 11.3 Å². The Balaban J connectivity index is 1.94. The molecule has 0 aliphatic carbocycles. The Hall–Kier alpha value is -2.23. The largest absolute Gasteiger partial charge is 0.350 e. The number of sulfonamides is 1. The van der Waals surface area contributed by atoms with E-state index in [1.807, 2.05) is 13.8 Å². The van der Waals surface area contributed by atoms with Gasteiger partial charge < -0.3 is 10.6 Å². The summed E-state index contributed by atoms with van der Waals surface area (Å²) < 4.78 is 27.6. The number of carbonyl (C=O) groups is 2. The molecule has 0 spiro atoms.